The molecule has 1 aliphatic heterocycles. The molecule has 0 saturated carbocycles. The lowest BCUT2D eigenvalue weighted by molar-refractivity contribution is -0.140. The van der Waals surface area contributed by atoms with E-state index in [1.807, 2.05) is 25.7 Å². The molecule has 3 N–H and O–H groups in total. The van der Waals surface area contributed by atoms with Gasteiger partial charge < -0.3 is 16.0 Å². The number of hydrogen-bond donors (Lipinski definition) is 2. The van der Waals surface area contributed by atoms with E-state index >= 15 is 0 Å². The Morgan fingerprint density at radius 2 is 1.78 bits per heavy atom. The summed E-state index contributed by atoms with van der Waals surface area (Å²) in [4.78, 5) is 25.4. The zero-order valence-corrected chi connectivity index (χ0v) is 11.8. The third-order valence-electron chi connectivity index (χ3n) is 3.18. The van der Waals surface area contributed by atoms with Crippen LogP contribution in [-0.2, 0) is 9.59 Å². The van der Waals surface area contributed by atoms with Crippen LogP contribution in [0.15, 0.2) is 0 Å². The Morgan fingerprint density at radius 3 is 2.17 bits per heavy atom. The zero-order chi connectivity index (χ0) is 13.9. The van der Waals surface area contributed by atoms with Gasteiger partial charge in [-0.1, -0.05) is 20.8 Å². The van der Waals surface area contributed by atoms with E-state index < -0.39 is 6.04 Å². The number of piperidine rings is 1. The highest BCUT2D eigenvalue weighted by atomic mass is 16.2. The number of likely N-dealkylation sites (tertiary alicyclic amines) is 1. The Morgan fingerprint density at radius 1 is 1.28 bits per heavy atom. The average Bonchev–Trinajstić information content (AvgIpc) is 2.27. The van der Waals surface area contributed by atoms with E-state index in [1.165, 1.54) is 0 Å². The molecule has 0 spiro atoms. The van der Waals surface area contributed by atoms with Gasteiger partial charge in [0.2, 0.25) is 11.8 Å². The Kier molecular flexibility index (Phi) is 4.73. The van der Waals surface area contributed by atoms with Crippen LogP contribution in [0.5, 0.6) is 0 Å². The molecule has 1 saturated heterocycles. The van der Waals surface area contributed by atoms with Crippen LogP contribution in [-0.4, -0.2) is 41.9 Å². The minimum Gasteiger partial charge on any atom is -0.352 e. The molecule has 1 atom stereocenters. The van der Waals surface area contributed by atoms with Crippen molar-refractivity contribution in [2.75, 3.05) is 13.1 Å². The van der Waals surface area contributed by atoms with Gasteiger partial charge in [-0.15, -0.1) is 0 Å². The molecule has 0 aromatic rings. The number of hydrogen-bond acceptors (Lipinski definition) is 3. The number of nitrogens with zero attached hydrogens (tertiary/aromatic N) is 1. The van der Waals surface area contributed by atoms with Crippen LogP contribution in [0.2, 0.25) is 0 Å². The van der Waals surface area contributed by atoms with Crippen molar-refractivity contribution in [3.05, 3.63) is 0 Å². The smallest absolute Gasteiger partial charge is 0.236 e. The molecule has 0 radical (unpaired) electrons. The number of nitrogens with two attached hydrogens (primary N) is 1. The monoisotopic (exact) mass is 255 g/mol. The highest BCUT2D eigenvalue weighted by Crippen LogP contribution is 2.20. The van der Waals surface area contributed by atoms with Gasteiger partial charge in [0.25, 0.3) is 0 Å². The van der Waals surface area contributed by atoms with Crippen molar-refractivity contribution < 1.29 is 9.59 Å². The molecule has 0 aromatic heterocycles. The molecule has 0 unspecified atom stereocenters. The van der Waals surface area contributed by atoms with Crippen molar-refractivity contribution in [3.8, 4) is 0 Å². The van der Waals surface area contributed by atoms with Gasteiger partial charge in [-0.3, -0.25) is 9.59 Å². The molecule has 5 nitrogen and oxygen atoms in total. The van der Waals surface area contributed by atoms with Gasteiger partial charge in [0.05, 0.1) is 6.04 Å². The van der Waals surface area contributed by atoms with Crippen molar-refractivity contribution in [3.63, 3.8) is 0 Å². The lowest BCUT2D eigenvalue weighted by Crippen LogP contribution is -2.51. The van der Waals surface area contributed by atoms with Gasteiger partial charge >= 0.3 is 0 Å². The van der Waals surface area contributed by atoms with Gasteiger partial charge in [-0.05, 0) is 19.8 Å². The van der Waals surface area contributed by atoms with Gasteiger partial charge in [-0.2, -0.15) is 0 Å². The van der Waals surface area contributed by atoms with E-state index in [0.717, 1.165) is 12.8 Å². The molecule has 104 valence electrons. The van der Waals surface area contributed by atoms with E-state index in [2.05, 4.69) is 5.32 Å². The SMILES string of the molecule is C[C@@H](N)C(=O)NC1CCN(C(=O)C(C)(C)C)CC1. The molecule has 5 heteroatoms. The van der Waals surface area contributed by atoms with E-state index in [0.29, 0.717) is 13.1 Å². The Hall–Kier alpha value is -1.10. The van der Waals surface area contributed by atoms with Crippen LogP contribution in [0.4, 0.5) is 0 Å². The third-order valence-corrected chi connectivity index (χ3v) is 3.18. The first-order valence-corrected chi connectivity index (χ1v) is 6.57. The van der Waals surface area contributed by atoms with E-state index in [1.54, 1.807) is 6.92 Å². The van der Waals surface area contributed by atoms with Gasteiger partial charge in [0.15, 0.2) is 0 Å². The van der Waals surface area contributed by atoms with Crippen LogP contribution in [0.3, 0.4) is 0 Å². The van der Waals surface area contributed by atoms with Crippen molar-refractivity contribution >= 4 is 11.8 Å². The van der Waals surface area contributed by atoms with Crippen molar-refractivity contribution in [1.29, 1.82) is 0 Å². The standard InChI is InChI=1S/C13H25N3O2/c1-9(14)11(17)15-10-5-7-16(8-6-10)12(18)13(2,3)4/h9-10H,5-8,14H2,1-4H3,(H,15,17)/t9-/m1/s1. The van der Waals surface area contributed by atoms with Crippen LogP contribution >= 0.6 is 0 Å². The summed E-state index contributed by atoms with van der Waals surface area (Å²) in [5.41, 5.74) is 5.18. The number of rotatable bonds is 2. The first-order valence-electron chi connectivity index (χ1n) is 6.57. The maximum Gasteiger partial charge on any atom is 0.236 e. The summed E-state index contributed by atoms with van der Waals surface area (Å²) in [5.74, 6) is 0.0649. The summed E-state index contributed by atoms with van der Waals surface area (Å²) in [7, 11) is 0. The number of amides is 2. The van der Waals surface area contributed by atoms with E-state index in [4.69, 9.17) is 5.73 Å². The van der Waals surface area contributed by atoms with E-state index in [-0.39, 0.29) is 23.3 Å². The molecule has 18 heavy (non-hydrogen) atoms. The summed E-state index contributed by atoms with van der Waals surface area (Å²) >= 11 is 0. The van der Waals surface area contributed by atoms with Crippen LogP contribution in [0, 0.1) is 5.41 Å². The van der Waals surface area contributed by atoms with Crippen LogP contribution in [0.25, 0.3) is 0 Å². The molecule has 0 aliphatic carbocycles. The first kappa shape index (κ1) is 15.0. The maximum absolute atomic E-state index is 12.1. The molecular weight excluding hydrogens is 230 g/mol. The summed E-state index contributed by atoms with van der Waals surface area (Å²) in [6, 6.07) is -0.327. The van der Waals surface area contributed by atoms with Crippen molar-refractivity contribution in [2.24, 2.45) is 11.1 Å². The number of carbonyl (C=O) groups excluding carboxylic acids is 2. The summed E-state index contributed by atoms with van der Waals surface area (Å²) in [6.45, 7) is 8.88. The Bertz CT molecular complexity index is 313. The third kappa shape index (κ3) is 3.98. The predicted octanol–water partition coefficient (Wildman–Crippen LogP) is 0.487. The van der Waals surface area contributed by atoms with Gasteiger partial charge in [-0.25, -0.2) is 0 Å². The molecule has 1 fully saturated rings. The van der Waals surface area contributed by atoms with Crippen molar-refractivity contribution in [1.82, 2.24) is 10.2 Å². The maximum atomic E-state index is 12.1. The molecule has 1 aliphatic rings. The van der Waals surface area contributed by atoms with Gasteiger partial charge in [0.1, 0.15) is 0 Å². The summed E-state index contributed by atoms with van der Waals surface area (Å²) in [6.07, 6.45) is 1.61. The fraction of sp³-hybridized carbons (Fsp3) is 0.846. The molecular formula is C13H25N3O2. The lowest BCUT2D eigenvalue weighted by atomic mass is 9.93. The van der Waals surface area contributed by atoms with E-state index in [9.17, 15) is 9.59 Å². The highest BCUT2D eigenvalue weighted by Gasteiger charge is 2.30. The second-order valence-electron chi connectivity index (χ2n) is 6.11. The summed E-state index contributed by atoms with van der Waals surface area (Å²) < 4.78 is 0. The molecule has 1 rings (SSSR count). The quantitative estimate of drug-likeness (QED) is 0.754. The molecule has 1 heterocycles. The zero-order valence-electron chi connectivity index (χ0n) is 11.8. The minimum atomic E-state index is -0.473. The fourth-order valence-electron chi connectivity index (χ4n) is 2.03. The molecule has 2 amide bonds. The molecule has 0 aromatic carbocycles. The highest BCUT2D eigenvalue weighted by molar-refractivity contribution is 5.82. The largest absolute Gasteiger partial charge is 0.352 e. The lowest BCUT2D eigenvalue weighted by Gasteiger charge is -2.36. The average molecular weight is 255 g/mol. The van der Waals surface area contributed by atoms with Crippen LogP contribution < -0.4 is 11.1 Å². The number of nitrogens with one attached hydrogen (secondary N) is 1. The van der Waals surface area contributed by atoms with Crippen molar-refractivity contribution in [2.45, 2.75) is 52.6 Å². The topological polar surface area (TPSA) is 75.4 Å². The minimum absolute atomic E-state index is 0.115. The van der Waals surface area contributed by atoms with Gasteiger partial charge in [0, 0.05) is 24.5 Å². The summed E-state index contributed by atoms with van der Waals surface area (Å²) in [5, 5.41) is 2.91. The normalized spacial score (nSPS) is 19.5. The predicted molar refractivity (Wildman–Crippen MR) is 70.8 cm³/mol. The fourth-order valence-corrected chi connectivity index (χ4v) is 2.03. The second-order valence-corrected chi connectivity index (χ2v) is 6.11. The molecule has 0 bridgehead atoms. The first-order chi connectivity index (χ1) is 8.21. The van der Waals surface area contributed by atoms with Crippen LogP contribution in [0.1, 0.15) is 40.5 Å². The number of carbonyl (C=O) groups is 2. The Labute approximate surface area is 109 Å². The Balaban J connectivity index is 2.42. The second kappa shape index (κ2) is 5.69.